The third-order valence-corrected chi connectivity index (χ3v) is 7.02. The second-order valence-corrected chi connectivity index (χ2v) is 9.02. The van der Waals surface area contributed by atoms with Crippen LogP contribution < -0.4 is 0 Å². The Bertz CT molecular complexity index is 1890. The van der Waals surface area contributed by atoms with E-state index >= 15 is 0 Å². The van der Waals surface area contributed by atoms with Crippen molar-refractivity contribution in [3.8, 4) is 28.5 Å². The topological polar surface area (TPSA) is 48.0 Å². The highest BCUT2D eigenvalue weighted by atomic mass is 15.2. The Hall–Kier alpha value is -5.03. The fourth-order valence-corrected chi connectivity index (χ4v) is 5.45. The molecule has 5 nitrogen and oxygen atoms in total. The normalized spacial score (nSPS) is 11.9. The van der Waals surface area contributed by atoms with Crippen LogP contribution in [0.4, 0.5) is 0 Å². The van der Waals surface area contributed by atoms with Crippen LogP contribution in [0.1, 0.15) is 0 Å². The lowest BCUT2D eigenvalue weighted by atomic mass is 10.1. The highest BCUT2D eigenvalue weighted by Crippen LogP contribution is 2.40. The first-order chi connectivity index (χ1) is 17.9. The standard InChI is InChI=1S/C31H19N5/c1-3-9-20(10-4-1)23-17-24(21-11-5-2-6-12-21)34-31(33-23)36-27-14-7-13-26-30(27)29-22(18-32-19-28(29)36)25-15-8-16-35(25)26/h1-19H. The molecule has 0 bridgehead atoms. The summed E-state index contributed by atoms with van der Waals surface area (Å²) >= 11 is 0. The minimum Gasteiger partial charge on any atom is -0.316 e. The Labute approximate surface area is 206 Å². The number of benzene rings is 3. The second kappa shape index (κ2) is 7.23. The Morgan fingerprint density at radius 2 is 1.19 bits per heavy atom. The van der Waals surface area contributed by atoms with E-state index in [1.54, 1.807) is 0 Å². The molecule has 8 aromatic rings. The molecule has 5 heterocycles. The molecule has 36 heavy (non-hydrogen) atoms. The Balaban J connectivity index is 1.52. The maximum Gasteiger partial charge on any atom is 0.235 e. The van der Waals surface area contributed by atoms with E-state index in [2.05, 4.69) is 80.8 Å². The lowest BCUT2D eigenvalue weighted by molar-refractivity contribution is 0.993. The molecule has 0 unspecified atom stereocenters. The van der Waals surface area contributed by atoms with Crippen LogP contribution in [0.25, 0.3) is 66.7 Å². The highest BCUT2D eigenvalue weighted by Gasteiger charge is 2.22. The molecule has 0 aliphatic heterocycles. The largest absolute Gasteiger partial charge is 0.316 e. The summed E-state index contributed by atoms with van der Waals surface area (Å²) < 4.78 is 4.41. The van der Waals surface area contributed by atoms with Gasteiger partial charge < -0.3 is 4.40 Å². The van der Waals surface area contributed by atoms with Crippen LogP contribution in [0.5, 0.6) is 0 Å². The molecule has 5 aromatic heterocycles. The summed E-state index contributed by atoms with van der Waals surface area (Å²) in [6.45, 7) is 0. The van der Waals surface area contributed by atoms with Crippen molar-refractivity contribution in [3.05, 3.63) is 116 Å². The van der Waals surface area contributed by atoms with Gasteiger partial charge in [-0.15, -0.1) is 0 Å². The van der Waals surface area contributed by atoms with Crippen LogP contribution in [-0.2, 0) is 0 Å². The van der Waals surface area contributed by atoms with E-state index in [9.17, 15) is 0 Å². The average molecular weight is 462 g/mol. The highest BCUT2D eigenvalue weighted by molar-refractivity contribution is 6.26. The van der Waals surface area contributed by atoms with Crippen LogP contribution in [-0.4, -0.2) is 23.9 Å². The van der Waals surface area contributed by atoms with Gasteiger partial charge in [-0.2, -0.15) is 0 Å². The SMILES string of the molecule is c1ccc(-c2cc(-c3ccccc3)nc(-n3c4cncc5c4c4c3cccc4n3cccc53)n2)cc1. The monoisotopic (exact) mass is 461 g/mol. The van der Waals surface area contributed by atoms with Crippen molar-refractivity contribution in [1.29, 1.82) is 0 Å². The fraction of sp³-hybridized carbons (Fsp3) is 0. The maximum absolute atomic E-state index is 5.11. The van der Waals surface area contributed by atoms with Crippen molar-refractivity contribution >= 4 is 38.2 Å². The van der Waals surface area contributed by atoms with Crippen LogP contribution in [0.3, 0.4) is 0 Å². The van der Waals surface area contributed by atoms with Gasteiger partial charge in [0.1, 0.15) is 0 Å². The summed E-state index contributed by atoms with van der Waals surface area (Å²) in [5.41, 5.74) is 8.27. The number of hydrogen-bond acceptors (Lipinski definition) is 3. The Morgan fingerprint density at radius 1 is 0.528 bits per heavy atom. The van der Waals surface area contributed by atoms with Crippen molar-refractivity contribution < 1.29 is 0 Å². The third-order valence-electron chi connectivity index (χ3n) is 7.02. The molecule has 0 amide bonds. The van der Waals surface area contributed by atoms with Crippen molar-refractivity contribution in [2.45, 2.75) is 0 Å². The molecule has 5 heteroatoms. The van der Waals surface area contributed by atoms with Gasteiger partial charge in [0.15, 0.2) is 0 Å². The van der Waals surface area contributed by atoms with E-state index in [1.165, 1.54) is 10.8 Å². The summed E-state index contributed by atoms with van der Waals surface area (Å²) in [6.07, 6.45) is 6.01. The molecule has 0 radical (unpaired) electrons. The van der Waals surface area contributed by atoms with Gasteiger partial charge >= 0.3 is 0 Å². The van der Waals surface area contributed by atoms with E-state index in [-0.39, 0.29) is 0 Å². The zero-order valence-corrected chi connectivity index (χ0v) is 19.2. The zero-order valence-electron chi connectivity index (χ0n) is 19.2. The van der Waals surface area contributed by atoms with Crippen LogP contribution in [0, 0.1) is 0 Å². The van der Waals surface area contributed by atoms with Gasteiger partial charge in [0.05, 0.1) is 39.7 Å². The average Bonchev–Trinajstić information content (AvgIpc) is 3.58. The number of fused-ring (bicyclic) bond motifs is 3. The van der Waals surface area contributed by atoms with Gasteiger partial charge in [0.2, 0.25) is 5.95 Å². The Kier molecular flexibility index (Phi) is 3.88. The van der Waals surface area contributed by atoms with Crippen molar-refractivity contribution in [2.75, 3.05) is 0 Å². The van der Waals surface area contributed by atoms with Gasteiger partial charge in [0.25, 0.3) is 0 Å². The second-order valence-electron chi connectivity index (χ2n) is 9.02. The summed E-state index contributed by atoms with van der Waals surface area (Å²) in [5, 5.41) is 3.52. The third kappa shape index (κ3) is 2.62. The molecular formula is C31H19N5. The first-order valence-corrected chi connectivity index (χ1v) is 12.0. The molecular weight excluding hydrogens is 442 g/mol. The van der Waals surface area contributed by atoms with E-state index < -0.39 is 0 Å². The number of rotatable bonds is 3. The predicted molar refractivity (Wildman–Crippen MR) is 145 cm³/mol. The summed E-state index contributed by atoms with van der Waals surface area (Å²) in [4.78, 5) is 14.9. The fourth-order valence-electron chi connectivity index (χ4n) is 5.45. The molecule has 0 N–H and O–H groups in total. The van der Waals surface area contributed by atoms with E-state index in [4.69, 9.17) is 9.97 Å². The molecule has 8 rings (SSSR count). The van der Waals surface area contributed by atoms with Crippen LogP contribution in [0.15, 0.2) is 116 Å². The number of pyridine rings is 2. The summed E-state index contributed by atoms with van der Waals surface area (Å²) in [7, 11) is 0. The van der Waals surface area contributed by atoms with Crippen LogP contribution >= 0.6 is 0 Å². The molecule has 0 aliphatic rings. The van der Waals surface area contributed by atoms with Crippen molar-refractivity contribution in [3.63, 3.8) is 0 Å². The molecule has 0 fully saturated rings. The summed E-state index contributed by atoms with van der Waals surface area (Å²) in [6, 6.07) is 33.3. The van der Waals surface area contributed by atoms with E-state index in [0.29, 0.717) is 5.95 Å². The van der Waals surface area contributed by atoms with Gasteiger partial charge in [0, 0.05) is 39.7 Å². The van der Waals surface area contributed by atoms with E-state index in [1.807, 2.05) is 48.8 Å². The lowest BCUT2D eigenvalue weighted by Crippen LogP contribution is -2.04. The summed E-state index contributed by atoms with van der Waals surface area (Å²) in [5.74, 6) is 0.637. The molecule has 0 spiro atoms. The Morgan fingerprint density at radius 3 is 1.92 bits per heavy atom. The first-order valence-electron chi connectivity index (χ1n) is 12.0. The molecule has 3 aromatic carbocycles. The quantitative estimate of drug-likeness (QED) is 0.263. The number of nitrogens with zero attached hydrogens (tertiary/aromatic N) is 5. The molecule has 0 saturated heterocycles. The van der Waals surface area contributed by atoms with Crippen molar-refractivity contribution in [2.24, 2.45) is 0 Å². The lowest BCUT2D eigenvalue weighted by Gasteiger charge is -2.11. The molecule has 0 saturated carbocycles. The van der Waals surface area contributed by atoms with Gasteiger partial charge in [-0.3, -0.25) is 9.55 Å². The van der Waals surface area contributed by atoms with Crippen LogP contribution in [0.2, 0.25) is 0 Å². The minimum atomic E-state index is 0.637. The molecule has 0 aliphatic carbocycles. The minimum absolute atomic E-state index is 0.637. The first kappa shape index (κ1) is 19.3. The smallest absolute Gasteiger partial charge is 0.235 e. The predicted octanol–water partition coefficient (Wildman–Crippen LogP) is 7.15. The zero-order chi connectivity index (χ0) is 23.6. The van der Waals surface area contributed by atoms with Gasteiger partial charge in [-0.1, -0.05) is 66.7 Å². The van der Waals surface area contributed by atoms with Crippen molar-refractivity contribution in [1.82, 2.24) is 23.9 Å². The van der Waals surface area contributed by atoms with Gasteiger partial charge in [-0.05, 0) is 30.3 Å². The number of aromatic nitrogens is 5. The molecule has 168 valence electrons. The maximum atomic E-state index is 5.11. The molecule has 0 atom stereocenters. The van der Waals surface area contributed by atoms with Gasteiger partial charge in [-0.25, -0.2) is 9.97 Å². The number of hydrogen-bond donors (Lipinski definition) is 0. The van der Waals surface area contributed by atoms with E-state index in [0.717, 1.165) is 50.0 Å².